The van der Waals surface area contributed by atoms with E-state index in [9.17, 15) is 4.79 Å². The molecule has 1 heterocycles. The maximum Gasteiger partial charge on any atom is 0.258 e. The molecule has 5 nitrogen and oxygen atoms in total. The standard InChI is InChI=1S/C17H17N3O2/c1-12-6-8-13(9-7-12)22-11-17(21)18-10-16-19-14-4-2-3-5-15(14)20-16/h2-9H,10-11H2,1H3,(H,18,21)(H,19,20). The van der Waals surface area contributed by atoms with E-state index in [2.05, 4.69) is 15.3 Å². The predicted octanol–water partition coefficient (Wildman–Crippen LogP) is 2.57. The molecule has 112 valence electrons. The highest BCUT2D eigenvalue weighted by atomic mass is 16.5. The average Bonchev–Trinajstić information content (AvgIpc) is 2.95. The summed E-state index contributed by atoms with van der Waals surface area (Å²) in [6.07, 6.45) is 0. The molecule has 0 bridgehead atoms. The smallest absolute Gasteiger partial charge is 0.258 e. The molecule has 0 radical (unpaired) electrons. The van der Waals surface area contributed by atoms with Gasteiger partial charge in [-0.1, -0.05) is 29.8 Å². The molecule has 3 rings (SSSR count). The highest BCUT2D eigenvalue weighted by Gasteiger charge is 2.06. The fraction of sp³-hybridized carbons (Fsp3) is 0.176. The van der Waals surface area contributed by atoms with Crippen molar-refractivity contribution in [1.29, 1.82) is 0 Å². The highest BCUT2D eigenvalue weighted by molar-refractivity contribution is 5.78. The van der Waals surface area contributed by atoms with E-state index in [-0.39, 0.29) is 12.5 Å². The summed E-state index contributed by atoms with van der Waals surface area (Å²) in [5.74, 6) is 1.23. The van der Waals surface area contributed by atoms with E-state index >= 15 is 0 Å². The molecule has 0 unspecified atom stereocenters. The molecule has 0 saturated heterocycles. The van der Waals surface area contributed by atoms with E-state index in [0.717, 1.165) is 22.4 Å². The van der Waals surface area contributed by atoms with Crippen molar-refractivity contribution in [3.05, 3.63) is 59.9 Å². The van der Waals surface area contributed by atoms with Crippen molar-refractivity contribution in [1.82, 2.24) is 15.3 Å². The number of para-hydroxylation sites is 2. The third-order valence-electron chi connectivity index (χ3n) is 3.28. The van der Waals surface area contributed by atoms with Crippen LogP contribution < -0.4 is 10.1 Å². The molecular weight excluding hydrogens is 278 g/mol. The van der Waals surface area contributed by atoms with Gasteiger partial charge in [0.15, 0.2) is 6.61 Å². The van der Waals surface area contributed by atoms with Gasteiger partial charge in [-0.3, -0.25) is 4.79 Å². The van der Waals surface area contributed by atoms with Gasteiger partial charge in [-0.05, 0) is 31.2 Å². The van der Waals surface area contributed by atoms with E-state index in [0.29, 0.717) is 12.3 Å². The van der Waals surface area contributed by atoms with Crippen LogP contribution >= 0.6 is 0 Å². The first-order valence-corrected chi connectivity index (χ1v) is 7.10. The Hall–Kier alpha value is -2.82. The first-order valence-electron chi connectivity index (χ1n) is 7.10. The zero-order chi connectivity index (χ0) is 15.4. The van der Waals surface area contributed by atoms with Crippen molar-refractivity contribution < 1.29 is 9.53 Å². The van der Waals surface area contributed by atoms with Gasteiger partial charge in [0.2, 0.25) is 0 Å². The van der Waals surface area contributed by atoms with Gasteiger partial charge in [0.1, 0.15) is 11.6 Å². The Labute approximate surface area is 128 Å². The minimum absolute atomic E-state index is 0.0106. The number of ether oxygens (including phenoxy) is 1. The Morgan fingerprint density at radius 3 is 2.73 bits per heavy atom. The summed E-state index contributed by atoms with van der Waals surface area (Å²) in [5, 5.41) is 2.78. The number of aryl methyl sites for hydroxylation is 1. The molecule has 0 aliphatic carbocycles. The van der Waals surface area contributed by atoms with Gasteiger partial charge < -0.3 is 15.0 Å². The molecular formula is C17H17N3O2. The minimum Gasteiger partial charge on any atom is -0.484 e. The Morgan fingerprint density at radius 2 is 1.95 bits per heavy atom. The third kappa shape index (κ3) is 3.44. The number of carbonyl (C=O) groups excluding carboxylic acids is 1. The number of nitrogens with zero attached hydrogens (tertiary/aromatic N) is 1. The number of hydrogen-bond donors (Lipinski definition) is 2. The molecule has 22 heavy (non-hydrogen) atoms. The lowest BCUT2D eigenvalue weighted by molar-refractivity contribution is -0.123. The van der Waals surface area contributed by atoms with Crippen LogP contribution in [0, 0.1) is 6.92 Å². The van der Waals surface area contributed by atoms with Crippen molar-refractivity contribution >= 4 is 16.9 Å². The van der Waals surface area contributed by atoms with Crippen LogP contribution in [0.4, 0.5) is 0 Å². The van der Waals surface area contributed by atoms with Crippen LogP contribution in [0.15, 0.2) is 48.5 Å². The number of benzene rings is 2. The summed E-state index contributed by atoms with van der Waals surface area (Å²) in [5.41, 5.74) is 3.01. The summed E-state index contributed by atoms with van der Waals surface area (Å²) < 4.78 is 5.43. The number of hydrogen-bond acceptors (Lipinski definition) is 3. The van der Waals surface area contributed by atoms with Crippen LogP contribution in [0.2, 0.25) is 0 Å². The Bertz CT molecular complexity index is 745. The maximum atomic E-state index is 11.8. The van der Waals surface area contributed by atoms with Gasteiger partial charge >= 0.3 is 0 Å². The van der Waals surface area contributed by atoms with E-state index in [4.69, 9.17) is 4.74 Å². The minimum atomic E-state index is -0.180. The number of amides is 1. The molecule has 2 aromatic carbocycles. The number of imidazole rings is 1. The zero-order valence-electron chi connectivity index (χ0n) is 12.3. The van der Waals surface area contributed by atoms with E-state index in [1.807, 2.05) is 55.5 Å². The second-order valence-corrected chi connectivity index (χ2v) is 5.08. The Balaban J connectivity index is 1.50. The fourth-order valence-electron chi connectivity index (χ4n) is 2.11. The second kappa shape index (κ2) is 6.30. The lowest BCUT2D eigenvalue weighted by Gasteiger charge is -2.06. The van der Waals surface area contributed by atoms with Crippen LogP contribution in [0.3, 0.4) is 0 Å². The van der Waals surface area contributed by atoms with Crippen molar-refractivity contribution in [2.24, 2.45) is 0 Å². The number of aromatic amines is 1. The van der Waals surface area contributed by atoms with Crippen LogP contribution in [-0.4, -0.2) is 22.5 Å². The summed E-state index contributed by atoms with van der Waals surface area (Å²) in [6, 6.07) is 15.3. The quantitative estimate of drug-likeness (QED) is 0.760. The molecule has 5 heteroatoms. The van der Waals surface area contributed by atoms with Gasteiger partial charge in [0, 0.05) is 0 Å². The first-order chi connectivity index (χ1) is 10.7. The van der Waals surface area contributed by atoms with Crippen LogP contribution in [0.1, 0.15) is 11.4 Å². The number of aromatic nitrogens is 2. The van der Waals surface area contributed by atoms with Gasteiger partial charge in [-0.15, -0.1) is 0 Å². The number of H-pyrrole nitrogens is 1. The van der Waals surface area contributed by atoms with Gasteiger partial charge in [0.05, 0.1) is 17.6 Å². The lowest BCUT2D eigenvalue weighted by Crippen LogP contribution is -2.28. The maximum absolute atomic E-state index is 11.8. The van der Waals surface area contributed by atoms with Gasteiger partial charge in [-0.2, -0.15) is 0 Å². The van der Waals surface area contributed by atoms with Crippen LogP contribution in [-0.2, 0) is 11.3 Å². The Kier molecular flexibility index (Phi) is 4.05. The lowest BCUT2D eigenvalue weighted by atomic mass is 10.2. The van der Waals surface area contributed by atoms with Gasteiger partial charge in [-0.25, -0.2) is 4.98 Å². The topological polar surface area (TPSA) is 67.0 Å². The number of fused-ring (bicyclic) bond motifs is 1. The largest absolute Gasteiger partial charge is 0.484 e. The molecule has 0 aliphatic heterocycles. The molecule has 0 spiro atoms. The van der Waals surface area contributed by atoms with Crippen molar-refractivity contribution in [2.75, 3.05) is 6.61 Å². The molecule has 0 aliphatic rings. The molecule has 2 N–H and O–H groups in total. The summed E-state index contributed by atoms with van der Waals surface area (Å²) >= 11 is 0. The molecule has 3 aromatic rings. The normalized spacial score (nSPS) is 10.6. The van der Waals surface area contributed by atoms with Crippen molar-refractivity contribution in [3.8, 4) is 5.75 Å². The monoisotopic (exact) mass is 295 g/mol. The molecule has 1 aromatic heterocycles. The van der Waals surface area contributed by atoms with Crippen LogP contribution in [0.5, 0.6) is 5.75 Å². The average molecular weight is 295 g/mol. The SMILES string of the molecule is Cc1ccc(OCC(=O)NCc2nc3ccccc3[nH]2)cc1. The van der Waals surface area contributed by atoms with Crippen molar-refractivity contribution in [3.63, 3.8) is 0 Å². The number of carbonyl (C=O) groups is 1. The molecule has 1 amide bonds. The summed E-state index contributed by atoms with van der Waals surface area (Å²) in [7, 11) is 0. The van der Waals surface area contributed by atoms with E-state index in [1.54, 1.807) is 0 Å². The summed E-state index contributed by atoms with van der Waals surface area (Å²) in [6.45, 7) is 2.35. The van der Waals surface area contributed by atoms with E-state index < -0.39 is 0 Å². The second-order valence-electron chi connectivity index (χ2n) is 5.08. The van der Waals surface area contributed by atoms with Crippen LogP contribution in [0.25, 0.3) is 11.0 Å². The molecule has 0 saturated carbocycles. The summed E-state index contributed by atoms with van der Waals surface area (Å²) in [4.78, 5) is 19.4. The van der Waals surface area contributed by atoms with Crippen molar-refractivity contribution in [2.45, 2.75) is 13.5 Å². The number of rotatable bonds is 5. The van der Waals surface area contributed by atoms with Gasteiger partial charge in [0.25, 0.3) is 5.91 Å². The third-order valence-corrected chi connectivity index (χ3v) is 3.28. The molecule has 0 fully saturated rings. The predicted molar refractivity (Wildman–Crippen MR) is 84.6 cm³/mol. The highest BCUT2D eigenvalue weighted by Crippen LogP contribution is 2.11. The Morgan fingerprint density at radius 1 is 1.18 bits per heavy atom. The van der Waals surface area contributed by atoms with E-state index in [1.165, 1.54) is 0 Å². The number of nitrogens with one attached hydrogen (secondary N) is 2. The zero-order valence-corrected chi connectivity index (χ0v) is 12.3. The fourth-order valence-corrected chi connectivity index (χ4v) is 2.11. The first kappa shape index (κ1) is 14.1. The molecule has 0 atom stereocenters.